The first-order chi connectivity index (χ1) is 13.4. The minimum atomic E-state index is 0.627. The summed E-state index contributed by atoms with van der Waals surface area (Å²) >= 11 is 0. The minimum Gasteiger partial charge on any atom is -0.436 e. The summed E-state index contributed by atoms with van der Waals surface area (Å²) in [6.07, 6.45) is 7.14. The summed E-state index contributed by atoms with van der Waals surface area (Å²) in [5.74, 6) is 0.627. The van der Waals surface area contributed by atoms with E-state index < -0.39 is 0 Å². The van der Waals surface area contributed by atoms with Gasteiger partial charge in [-0.3, -0.25) is 0 Å². The van der Waals surface area contributed by atoms with Gasteiger partial charge >= 0.3 is 0 Å². The number of benzene rings is 2. The number of rotatable bonds is 5. The first-order valence-electron chi connectivity index (χ1n) is 9.69. The van der Waals surface area contributed by atoms with E-state index in [0.29, 0.717) is 5.89 Å². The molecule has 0 unspecified atom stereocenters. The van der Waals surface area contributed by atoms with Crippen molar-refractivity contribution in [1.82, 2.24) is 9.88 Å². The quantitative estimate of drug-likeness (QED) is 0.609. The van der Waals surface area contributed by atoms with Gasteiger partial charge in [-0.05, 0) is 24.5 Å². The summed E-state index contributed by atoms with van der Waals surface area (Å²) in [6.45, 7) is 4.12. The van der Waals surface area contributed by atoms with Crippen molar-refractivity contribution < 1.29 is 8.90 Å². The van der Waals surface area contributed by atoms with Crippen LogP contribution in [-0.4, -0.2) is 54.9 Å². The van der Waals surface area contributed by atoms with Gasteiger partial charge in [0.05, 0.1) is 39.7 Å². The third kappa shape index (κ3) is 3.85. The first kappa shape index (κ1) is 18.4. The molecule has 0 fully saturated rings. The third-order valence-corrected chi connectivity index (χ3v) is 5.00. The zero-order chi connectivity index (χ0) is 19.7. The molecule has 0 bridgehead atoms. The molecule has 2 heterocycles. The average Bonchev–Trinajstić information content (AvgIpc) is 3.12. The van der Waals surface area contributed by atoms with Gasteiger partial charge in [0.15, 0.2) is 5.58 Å². The number of hydrogen-bond donors (Lipinski definition) is 0. The van der Waals surface area contributed by atoms with E-state index in [0.717, 1.165) is 51.7 Å². The maximum absolute atomic E-state index is 6.03. The summed E-state index contributed by atoms with van der Waals surface area (Å²) in [6, 6.07) is 12.3. The Bertz CT molecular complexity index is 1080. The van der Waals surface area contributed by atoms with Crippen molar-refractivity contribution in [1.29, 1.82) is 0 Å². The predicted octanol–water partition coefficient (Wildman–Crippen LogP) is 4.67. The maximum atomic E-state index is 6.03. The van der Waals surface area contributed by atoms with Crippen molar-refractivity contribution in [3.63, 3.8) is 0 Å². The second-order valence-electron chi connectivity index (χ2n) is 8.33. The molecule has 0 atom stereocenters. The van der Waals surface area contributed by atoms with Crippen LogP contribution in [0.3, 0.4) is 0 Å². The van der Waals surface area contributed by atoms with Gasteiger partial charge in [0.2, 0.25) is 5.89 Å². The first-order valence-corrected chi connectivity index (χ1v) is 9.69. The molecule has 3 aromatic rings. The molecule has 28 heavy (non-hydrogen) atoms. The Hall–Kier alpha value is -2.92. The van der Waals surface area contributed by atoms with Gasteiger partial charge in [-0.25, -0.2) is 9.98 Å². The number of nitrogens with zero attached hydrogens (tertiary/aromatic N) is 4. The summed E-state index contributed by atoms with van der Waals surface area (Å²) in [5, 5.41) is 2.28. The average molecular weight is 375 g/mol. The number of allylic oxidation sites excluding steroid dienone is 2. The van der Waals surface area contributed by atoms with Crippen molar-refractivity contribution in [2.75, 3.05) is 34.2 Å². The Morgan fingerprint density at radius 3 is 2.68 bits per heavy atom. The molecular weight excluding hydrogens is 348 g/mol. The van der Waals surface area contributed by atoms with E-state index in [9.17, 15) is 0 Å². The van der Waals surface area contributed by atoms with Crippen LogP contribution in [0.15, 0.2) is 63.8 Å². The second-order valence-corrected chi connectivity index (χ2v) is 8.33. The van der Waals surface area contributed by atoms with Crippen molar-refractivity contribution in [2.24, 2.45) is 4.99 Å². The zero-order valence-corrected chi connectivity index (χ0v) is 17.0. The van der Waals surface area contributed by atoms with Crippen molar-refractivity contribution in [3.8, 4) is 0 Å². The van der Waals surface area contributed by atoms with E-state index >= 15 is 0 Å². The van der Waals surface area contributed by atoms with E-state index in [1.54, 1.807) is 0 Å². The highest BCUT2D eigenvalue weighted by molar-refractivity contribution is 6.03. The van der Waals surface area contributed by atoms with Gasteiger partial charge in [-0.15, -0.1) is 0 Å². The Labute approximate surface area is 165 Å². The van der Waals surface area contributed by atoms with Crippen LogP contribution < -0.4 is 0 Å². The molecule has 1 aliphatic heterocycles. The van der Waals surface area contributed by atoms with E-state index in [-0.39, 0.29) is 0 Å². The largest absolute Gasteiger partial charge is 0.436 e. The molecule has 0 spiro atoms. The highest BCUT2D eigenvalue weighted by Crippen LogP contribution is 2.29. The summed E-state index contributed by atoms with van der Waals surface area (Å²) < 4.78 is 7.01. The van der Waals surface area contributed by atoms with Crippen LogP contribution >= 0.6 is 0 Å². The summed E-state index contributed by atoms with van der Waals surface area (Å²) in [7, 11) is 6.65. The molecule has 1 aliphatic rings. The zero-order valence-electron chi connectivity index (χ0n) is 17.0. The number of aliphatic imine (C=N–C) groups is 1. The smallest absolute Gasteiger partial charge is 0.225 e. The maximum Gasteiger partial charge on any atom is 0.225 e. The molecule has 144 valence electrons. The molecule has 5 nitrogen and oxygen atoms in total. The van der Waals surface area contributed by atoms with Crippen molar-refractivity contribution >= 4 is 33.8 Å². The number of hydrogen-bond acceptors (Lipinski definition) is 4. The number of oxazole rings is 1. The van der Waals surface area contributed by atoms with Crippen LogP contribution in [-0.2, 0) is 0 Å². The Morgan fingerprint density at radius 2 is 1.93 bits per heavy atom. The lowest BCUT2D eigenvalue weighted by molar-refractivity contribution is -0.870. The Kier molecular flexibility index (Phi) is 4.77. The van der Waals surface area contributed by atoms with E-state index in [1.807, 2.05) is 37.5 Å². The summed E-state index contributed by atoms with van der Waals surface area (Å²) in [5.41, 5.74) is 3.54. The van der Waals surface area contributed by atoms with Gasteiger partial charge in [0.25, 0.3) is 0 Å². The highest BCUT2D eigenvalue weighted by Gasteiger charge is 2.14. The molecule has 2 aromatic carbocycles. The predicted molar refractivity (Wildman–Crippen MR) is 116 cm³/mol. The normalized spacial score (nSPS) is 16.4. The fourth-order valence-corrected chi connectivity index (χ4v) is 3.40. The third-order valence-electron chi connectivity index (χ3n) is 5.00. The van der Waals surface area contributed by atoms with Gasteiger partial charge in [0.1, 0.15) is 5.52 Å². The van der Waals surface area contributed by atoms with E-state index in [4.69, 9.17) is 9.40 Å². The fraction of sp³-hybridized carbons (Fsp3) is 0.304. The van der Waals surface area contributed by atoms with Crippen molar-refractivity contribution in [2.45, 2.75) is 13.3 Å². The van der Waals surface area contributed by atoms with Gasteiger partial charge in [0, 0.05) is 30.1 Å². The molecule has 5 heteroatoms. The number of fused-ring (bicyclic) bond motifs is 3. The molecule has 0 saturated heterocycles. The minimum absolute atomic E-state index is 0.627. The Morgan fingerprint density at radius 1 is 1.11 bits per heavy atom. The lowest BCUT2D eigenvalue weighted by Gasteiger charge is -2.25. The van der Waals surface area contributed by atoms with Gasteiger partial charge in [-0.2, -0.15) is 0 Å². The van der Waals surface area contributed by atoms with Crippen LogP contribution in [0.25, 0.3) is 27.4 Å². The monoisotopic (exact) mass is 375 g/mol. The molecule has 0 amide bonds. The van der Waals surface area contributed by atoms with Crippen LogP contribution in [0.2, 0.25) is 0 Å². The Balaban J connectivity index is 1.55. The standard InChI is InChI=1S/C23H27N4O/c1-17(20-12-14-26(16-24-20)13-7-15-27(2,3)4)23-25-22-19-9-6-5-8-18(19)10-11-21(22)28-23/h5-6,8-12,14,16H,7,13,15H2,1-4H3/q+1. The van der Waals surface area contributed by atoms with Crippen LogP contribution in [0.1, 0.15) is 19.2 Å². The van der Waals surface area contributed by atoms with Crippen LogP contribution in [0, 0.1) is 0 Å². The molecule has 0 saturated carbocycles. The molecule has 0 aliphatic carbocycles. The number of quaternary nitrogens is 1. The van der Waals surface area contributed by atoms with Crippen LogP contribution in [0.4, 0.5) is 0 Å². The molecule has 4 rings (SSSR count). The molecule has 0 radical (unpaired) electrons. The van der Waals surface area contributed by atoms with E-state index in [2.05, 4.69) is 55.4 Å². The van der Waals surface area contributed by atoms with Crippen molar-refractivity contribution in [3.05, 3.63) is 60.3 Å². The molecule has 0 N–H and O–H groups in total. The van der Waals surface area contributed by atoms with Gasteiger partial charge < -0.3 is 13.8 Å². The molecule has 1 aromatic heterocycles. The number of aromatic nitrogens is 1. The van der Waals surface area contributed by atoms with Crippen LogP contribution in [0.5, 0.6) is 0 Å². The van der Waals surface area contributed by atoms with E-state index in [1.165, 1.54) is 5.39 Å². The topological polar surface area (TPSA) is 41.6 Å². The lowest BCUT2D eigenvalue weighted by Crippen LogP contribution is -2.36. The SMILES string of the molecule is CC(=C1C=CN(CCC[N+](C)(C)C)C=N1)c1nc2c(ccc3ccccc32)o1. The molecular formula is C23H27N4O+. The highest BCUT2D eigenvalue weighted by atomic mass is 16.3. The fourth-order valence-electron chi connectivity index (χ4n) is 3.40. The lowest BCUT2D eigenvalue weighted by atomic mass is 10.1. The van der Waals surface area contributed by atoms with Gasteiger partial charge in [-0.1, -0.05) is 30.3 Å². The second kappa shape index (κ2) is 7.24. The summed E-state index contributed by atoms with van der Waals surface area (Å²) in [4.78, 5) is 11.5.